The topological polar surface area (TPSA) is 95.9 Å². The molecule has 0 aromatic rings. The SMILES string of the molecule is CCCCC/C=C\C/C=C\CCCCCCCCCC(=O)OCCCCCCCCCCCCCCCCCCCCCCCCCCCCCCCCCCC(=O)NC(CO)C(O)/C=C/CCCCCCCCC. The fourth-order valence-corrected chi connectivity index (χ4v) is 10.5. The van der Waals surface area contributed by atoms with Crippen molar-refractivity contribution < 1.29 is 24.5 Å². The van der Waals surface area contributed by atoms with E-state index in [0.29, 0.717) is 19.4 Å². The maximum atomic E-state index is 12.4. The van der Waals surface area contributed by atoms with Gasteiger partial charge in [-0.3, -0.25) is 9.59 Å². The van der Waals surface area contributed by atoms with Gasteiger partial charge < -0.3 is 20.3 Å². The third-order valence-electron chi connectivity index (χ3n) is 15.7. The summed E-state index contributed by atoms with van der Waals surface area (Å²) >= 11 is 0. The largest absolute Gasteiger partial charge is 0.466 e. The Balaban J connectivity index is 3.30. The molecule has 0 radical (unpaired) electrons. The van der Waals surface area contributed by atoms with Crippen LogP contribution in [0, 0.1) is 0 Å². The summed E-state index contributed by atoms with van der Waals surface area (Å²) in [7, 11) is 0. The van der Waals surface area contributed by atoms with Crippen molar-refractivity contribution in [3.05, 3.63) is 36.5 Å². The van der Waals surface area contributed by atoms with Crippen LogP contribution in [0.5, 0.6) is 0 Å². The van der Waals surface area contributed by atoms with Gasteiger partial charge in [-0.2, -0.15) is 0 Å². The van der Waals surface area contributed by atoms with Gasteiger partial charge in [0.25, 0.3) is 0 Å². The van der Waals surface area contributed by atoms with E-state index in [1.807, 2.05) is 6.08 Å². The molecule has 0 saturated carbocycles. The molecule has 6 nitrogen and oxygen atoms in total. The van der Waals surface area contributed by atoms with Crippen LogP contribution in [0.2, 0.25) is 0 Å². The molecule has 0 aliphatic heterocycles. The van der Waals surface area contributed by atoms with Gasteiger partial charge in [0.15, 0.2) is 0 Å². The van der Waals surface area contributed by atoms with Gasteiger partial charge in [0.1, 0.15) is 0 Å². The zero-order valence-corrected chi connectivity index (χ0v) is 50.5. The highest BCUT2D eigenvalue weighted by molar-refractivity contribution is 5.76. The minimum atomic E-state index is -0.839. The quantitative estimate of drug-likeness (QED) is 0.0320. The highest BCUT2D eigenvalue weighted by Gasteiger charge is 2.18. The van der Waals surface area contributed by atoms with E-state index in [1.54, 1.807) is 6.08 Å². The van der Waals surface area contributed by atoms with Gasteiger partial charge in [0.05, 0.1) is 25.4 Å². The molecule has 0 bridgehead atoms. The Labute approximate surface area is 468 Å². The number of unbranched alkanes of at least 4 members (excludes halogenated alkanes) is 48. The Morgan fingerprint density at radius 3 is 1.04 bits per heavy atom. The molecule has 0 saturated heterocycles. The highest BCUT2D eigenvalue weighted by Crippen LogP contribution is 2.18. The zero-order chi connectivity index (χ0) is 54.3. The molecular weight excluding hydrogens is 923 g/mol. The number of aliphatic hydroxyl groups is 2. The first-order chi connectivity index (χ1) is 37.0. The highest BCUT2D eigenvalue weighted by atomic mass is 16.5. The average molecular weight is 1050 g/mol. The van der Waals surface area contributed by atoms with Crippen LogP contribution in [0.25, 0.3) is 0 Å². The number of allylic oxidation sites excluding steroid dienone is 5. The van der Waals surface area contributed by atoms with E-state index < -0.39 is 12.1 Å². The van der Waals surface area contributed by atoms with E-state index in [1.165, 1.54) is 289 Å². The fraction of sp³-hybridized carbons (Fsp3) is 0.884. The number of rotatable bonds is 63. The Hall–Kier alpha value is -1.92. The Bertz CT molecular complexity index is 1210. The maximum Gasteiger partial charge on any atom is 0.305 e. The third-order valence-corrected chi connectivity index (χ3v) is 15.7. The van der Waals surface area contributed by atoms with Gasteiger partial charge in [-0.15, -0.1) is 0 Å². The molecule has 442 valence electrons. The molecule has 0 spiro atoms. The third kappa shape index (κ3) is 61.2. The number of amides is 1. The minimum absolute atomic E-state index is 0.0132. The van der Waals surface area contributed by atoms with E-state index in [9.17, 15) is 19.8 Å². The van der Waals surface area contributed by atoms with E-state index in [-0.39, 0.29) is 18.5 Å². The Morgan fingerprint density at radius 1 is 0.373 bits per heavy atom. The molecule has 75 heavy (non-hydrogen) atoms. The lowest BCUT2D eigenvalue weighted by Crippen LogP contribution is -2.45. The molecule has 3 N–H and O–H groups in total. The molecule has 2 atom stereocenters. The lowest BCUT2D eigenvalue weighted by Gasteiger charge is -2.20. The van der Waals surface area contributed by atoms with Crippen LogP contribution < -0.4 is 5.32 Å². The van der Waals surface area contributed by atoms with E-state index in [4.69, 9.17) is 4.74 Å². The monoisotopic (exact) mass is 1050 g/mol. The number of hydrogen-bond acceptors (Lipinski definition) is 5. The van der Waals surface area contributed by atoms with E-state index in [2.05, 4.69) is 43.5 Å². The molecule has 0 fully saturated rings. The van der Waals surface area contributed by atoms with Gasteiger partial charge >= 0.3 is 5.97 Å². The van der Waals surface area contributed by atoms with Crippen molar-refractivity contribution >= 4 is 11.9 Å². The van der Waals surface area contributed by atoms with Crippen LogP contribution >= 0.6 is 0 Å². The fourth-order valence-electron chi connectivity index (χ4n) is 10.5. The number of hydrogen-bond donors (Lipinski definition) is 3. The smallest absolute Gasteiger partial charge is 0.305 e. The number of esters is 1. The van der Waals surface area contributed by atoms with Gasteiger partial charge in [-0.05, 0) is 64.2 Å². The standard InChI is InChI=1S/C69H131NO5/c1-3-5-7-9-11-13-14-15-16-33-37-40-43-47-51-55-59-63-69(74)75-64-60-56-52-48-44-41-38-35-32-30-28-26-24-22-20-18-17-19-21-23-25-27-29-31-34-36-39-42-46-50-54-58-62-68(73)70-66(65-71)67(72)61-57-53-49-45-12-10-8-6-4-2/h11,13,15-16,57,61,66-67,71-72H,3-10,12,14,17-56,58-60,62-65H2,1-2H3,(H,70,73)/b13-11-,16-15-,61-57+. The van der Waals surface area contributed by atoms with Crippen molar-refractivity contribution in [3.8, 4) is 0 Å². The number of aliphatic hydroxyl groups excluding tert-OH is 2. The molecular formula is C69H131NO5. The van der Waals surface area contributed by atoms with Crippen LogP contribution in [0.15, 0.2) is 36.5 Å². The lowest BCUT2D eigenvalue weighted by atomic mass is 10.0. The average Bonchev–Trinajstić information content (AvgIpc) is 3.41. The van der Waals surface area contributed by atoms with Gasteiger partial charge in [-0.1, -0.05) is 326 Å². The first kappa shape index (κ1) is 73.1. The van der Waals surface area contributed by atoms with Crippen molar-refractivity contribution in [1.82, 2.24) is 5.32 Å². The normalized spacial score (nSPS) is 12.7. The Morgan fingerprint density at radius 2 is 0.667 bits per heavy atom. The van der Waals surface area contributed by atoms with Crippen LogP contribution in [0.3, 0.4) is 0 Å². The second-order valence-electron chi connectivity index (χ2n) is 23.2. The summed E-state index contributed by atoms with van der Waals surface area (Å²) < 4.78 is 5.50. The van der Waals surface area contributed by atoms with Gasteiger partial charge in [0, 0.05) is 12.8 Å². The predicted octanol–water partition coefficient (Wildman–Crippen LogP) is 21.5. The van der Waals surface area contributed by atoms with Crippen molar-refractivity contribution in [2.75, 3.05) is 13.2 Å². The van der Waals surface area contributed by atoms with Gasteiger partial charge in [-0.25, -0.2) is 0 Å². The molecule has 0 aliphatic rings. The molecule has 0 aromatic carbocycles. The molecule has 6 heteroatoms. The van der Waals surface area contributed by atoms with Gasteiger partial charge in [0.2, 0.25) is 5.91 Å². The van der Waals surface area contributed by atoms with E-state index >= 15 is 0 Å². The summed E-state index contributed by atoms with van der Waals surface area (Å²) in [6.45, 7) is 4.87. The number of carbonyl (C=O) groups excluding carboxylic acids is 2. The maximum absolute atomic E-state index is 12.4. The molecule has 1 amide bonds. The van der Waals surface area contributed by atoms with Crippen molar-refractivity contribution in [2.45, 2.75) is 379 Å². The summed E-state index contributed by atoms with van der Waals surface area (Å²) in [6, 6.07) is -0.622. The van der Waals surface area contributed by atoms with Crippen LogP contribution in [0.1, 0.15) is 367 Å². The summed E-state index contributed by atoms with van der Waals surface area (Å²) in [5, 5.41) is 23.0. The number of carbonyl (C=O) groups is 2. The molecule has 0 aliphatic carbocycles. The first-order valence-electron chi connectivity index (χ1n) is 33.8. The van der Waals surface area contributed by atoms with Crippen LogP contribution in [0.4, 0.5) is 0 Å². The van der Waals surface area contributed by atoms with Crippen LogP contribution in [-0.4, -0.2) is 47.4 Å². The molecule has 0 heterocycles. The van der Waals surface area contributed by atoms with Crippen molar-refractivity contribution in [3.63, 3.8) is 0 Å². The number of ether oxygens (including phenoxy) is 1. The van der Waals surface area contributed by atoms with Crippen molar-refractivity contribution in [2.24, 2.45) is 0 Å². The minimum Gasteiger partial charge on any atom is -0.466 e. The second-order valence-corrected chi connectivity index (χ2v) is 23.2. The van der Waals surface area contributed by atoms with Crippen molar-refractivity contribution in [1.29, 1.82) is 0 Å². The first-order valence-corrected chi connectivity index (χ1v) is 33.8. The van der Waals surface area contributed by atoms with Crippen LogP contribution in [-0.2, 0) is 14.3 Å². The molecule has 2 unspecified atom stereocenters. The van der Waals surface area contributed by atoms with E-state index in [0.717, 1.165) is 51.4 Å². The summed E-state index contributed by atoms with van der Waals surface area (Å²) in [5.74, 6) is -0.0520. The Kier molecular flexibility index (Phi) is 63.0. The number of nitrogens with one attached hydrogen (secondary N) is 1. The zero-order valence-electron chi connectivity index (χ0n) is 50.5. The summed E-state index contributed by atoms with van der Waals surface area (Å²) in [4.78, 5) is 24.5. The molecule has 0 rings (SSSR count). The predicted molar refractivity (Wildman–Crippen MR) is 329 cm³/mol. The summed E-state index contributed by atoms with van der Waals surface area (Å²) in [5.41, 5.74) is 0. The summed E-state index contributed by atoms with van der Waals surface area (Å²) in [6.07, 6.45) is 82.3. The molecule has 0 aromatic heterocycles. The second kappa shape index (κ2) is 64.6. The lowest BCUT2D eigenvalue weighted by molar-refractivity contribution is -0.143.